The molecule has 0 fully saturated rings. The second kappa shape index (κ2) is 6.23. The zero-order valence-electron chi connectivity index (χ0n) is 9.98. The summed E-state index contributed by atoms with van der Waals surface area (Å²) in [6.45, 7) is 4.15. The van der Waals surface area contributed by atoms with E-state index in [0.29, 0.717) is 23.2 Å². The van der Waals surface area contributed by atoms with Crippen molar-refractivity contribution in [1.82, 2.24) is 0 Å². The zero-order valence-corrected chi connectivity index (χ0v) is 11.6. The van der Waals surface area contributed by atoms with Crippen LogP contribution < -0.4 is 10.5 Å². The molecular formula is C12H18BrNO3. The second-order valence-corrected chi connectivity index (χ2v) is 4.64. The molecule has 4 nitrogen and oxygen atoms in total. The van der Waals surface area contributed by atoms with Gasteiger partial charge in [-0.05, 0) is 47.0 Å². The number of hydrogen-bond acceptors (Lipinski definition) is 4. The van der Waals surface area contributed by atoms with E-state index in [-0.39, 0.29) is 5.75 Å². The second-order valence-electron chi connectivity index (χ2n) is 3.78. The molecule has 96 valence electrons. The molecule has 0 unspecified atom stereocenters. The number of phenols is 1. The van der Waals surface area contributed by atoms with Crippen molar-refractivity contribution in [3.63, 3.8) is 0 Å². The first-order chi connectivity index (χ1) is 8.01. The maximum Gasteiger partial charge on any atom is 0.172 e. The fourth-order valence-corrected chi connectivity index (χ4v) is 1.99. The van der Waals surface area contributed by atoms with Crippen molar-refractivity contribution in [2.45, 2.75) is 32.4 Å². The lowest BCUT2D eigenvalue weighted by Crippen LogP contribution is -2.25. The molecule has 1 rings (SSSR count). The molecule has 0 aliphatic rings. The summed E-state index contributed by atoms with van der Waals surface area (Å²) in [4.78, 5) is 0. The quantitative estimate of drug-likeness (QED) is 0.780. The lowest BCUT2D eigenvalue weighted by atomic mass is 10.0. The smallest absolute Gasteiger partial charge is 0.172 e. The summed E-state index contributed by atoms with van der Waals surface area (Å²) in [5.74, 6) is 0.421. The first kappa shape index (κ1) is 14.3. The summed E-state index contributed by atoms with van der Waals surface area (Å²) in [6.07, 6.45) is -0.0372. The molecule has 0 bridgehead atoms. The van der Waals surface area contributed by atoms with Crippen LogP contribution in [0.25, 0.3) is 0 Å². The Kier molecular flexibility index (Phi) is 5.24. The minimum atomic E-state index is -0.610. The monoisotopic (exact) mass is 303 g/mol. The molecule has 0 aliphatic heterocycles. The molecule has 0 aliphatic carbocycles. The summed E-state index contributed by atoms with van der Waals surface area (Å²) in [5, 5.41) is 19.5. The van der Waals surface area contributed by atoms with E-state index in [1.54, 1.807) is 12.1 Å². The predicted molar refractivity (Wildman–Crippen MR) is 70.2 cm³/mol. The molecule has 1 aromatic carbocycles. The van der Waals surface area contributed by atoms with Crippen LogP contribution in [0.1, 0.15) is 31.9 Å². The molecule has 0 saturated carbocycles. The summed E-state index contributed by atoms with van der Waals surface area (Å²) in [7, 11) is 0. The van der Waals surface area contributed by atoms with Crippen LogP contribution >= 0.6 is 15.9 Å². The Bertz CT molecular complexity index is 384. The molecule has 1 aromatic rings. The van der Waals surface area contributed by atoms with Crippen LogP contribution in [0.15, 0.2) is 16.6 Å². The van der Waals surface area contributed by atoms with Crippen molar-refractivity contribution >= 4 is 15.9 Å². The Morgan fingerprint density at radius 2 is 2.06 bits per heavy atom. The molecule has 5 heteroatoms. The third-order valence-electron chi connectivity index (χ3n) is 2.57. The highest BCUT2D eigenvalue weighted by Gasteiger charge is 2.18. The third-order valence-corrected chi connectivity index (χ3v) is 3.17. The van der Waals surface area contributed by atoms with Gasteiger partial charge in [0.25, 0.3) is 0 Å². The van der Waals surface area contributed by atoms with Gasteiger partial charge in [-0.2, -0.15) is 0 Å². The summed E-state index contributed by atoms with van der Waals surface area (Å²) in [5.41, 5.74) is 6.65. The maximum absolute atomic E-state index is 9.76. The van der Waals surface area contributed by atoms with Gasteiger partial charge in [0, 0.05) is 0 Å². The highest BCUT2D eigenvalue weighted by atomic mass is 79.9. The van der Waals surface area contributed by atoms with E-state index >= 15 is 0 Å². The van der Waals surface area contributed by atoms with Crippen molar-refractivity contribution in [1.29, 1.82) is 0 Å². The zero-order chi connectivity index (χ0) is 13.0. The van der Waals surface area contributed by atoms with E-state index in [1.165, 1.54) is 0 Å². The Morgan fingerprint density at radius 1 is 1.41 bits per heavy atom. The van der Waals surface area contributed by atoms with E-state index in [4.69, 9.17) is 10.5 Å². The SMILES string of the molecule is CCOc1cc([C@H](N)[C@H](O)CC)cc(Br)c1O. The Morgan fingerprint density at radius 3 is 2.59 bits per heavy atom. The fourth-order valence-electron chi connectivity index (χ4n) is 1.53. The van der Waals surface area contributed by atoms with Gasteiger partial charge < -0.3 is 20.7 Å². The summed E-state index contributed by atoms with van der Waals surface area (Å²) >= 11 is 3.24. The van der Waals surface area contributed by atoms with Crippen LogP contribution in [-0.4, -0.2) is 22.9 Å². The summed E-state index contributed by atoms with van der Waals surface area (Å²) < 4.78 is 5.82. The standard InChI is InChI=1S/C12H18BrNO3/c1-3-9(15)11(14)7-5-8(13)12(16)10(6-7)17-4-2/h5-6,9,11,15-16H,3-4,14H2,1-2H3/t9-,11+/m1/s1. The molecule has 0 saturated heterocycles. The van der Waals surface area contributed by atoms with Gasteiger partial charge in [0.05, 0.1) is 23.2 Å². The lowest BCUT2D eigenvalue weighted by molar-refractivity contribution is 0.140. The Hall–Kier alpha value is -0.780. The van der Waals surface area contributed by atoms with Crippen LogP contribution in [0.3, 0.4) is 0 Å². The van der Waals surface area contributed by atoms with Gasteiger partial charge in [0.15, 0.2) is 11.5 Å². The number of benzene rings is 1. The molecule has 0 spiro atoms. The van der Waals surface area contributed by atoms with E-state index in [2.05, 4.69) is 15.9 Å². The first-order valence-corrected chi connectivity index (χ1v) is 6.39. The highest BCUT2D eigenvalue weighted by Crippen LogP contribution is 2.37. The molecule has 4 N–H and O–H groups in total. The van der Waals surface area contributed by atoms with Gasteiger partial charge >= 0.3 is 0 Å². The number of ether oxygens (including phenoxy) is 1. The first-order valence-electron chi connectivity index (χ1n) is 5.60. The minimum absolute atomic E-state index is 0.0498. The predicted octanol–water partition coefficient (Wildman–Crippen LogP) is 2.32. The lowest BCUT2D eigenvalue weighted by Gasteiger charge is -2.19. The van der Waals surface area contributed by atoms with Crippen LogP contribution in [0, 0.1) is 0 Å². The Labute approximate surface area is 110 Å². The van der Waals surface area contributed by atoms with E-state index < -0.39 is 12.1 Å². The molecule has 0 heterocycles. The summed E-state index contributed by atoms with van der Waals surface area (Å²) in [6, 6.07) is 2.87. The van der Waals surface area contributed by atoms with Gasteiger partial charge in [-0.15, -0.1) is 0 Å². The molecule has 0 amide bonds. The van der Waals surface area contributed by atoms with Crippen LogP contribution in [0.4, 0.5) is 0 Å². The number of hydrogen-bond donors (Lipinski definition) is 3. The number of halogens is 1. The fraction of sp³-hybridized carbons (Fsp3) is 0.500. The number of aliphatic hydroxyl groups is 1. The van der Waals surface area contributed by atoms with E-state index in [0.717, 1.165) is 5.56 Å². The average Bonchev–Trinajstić information content (AvgIpc) is 2.33. The van der Waals surface area contributed by atoms with E-state index in [1.807, 2.05) is 13.8 Å². The van der Waals surface area contributed by atoms with Crippen molar-refractivity contribution in [2.75, 3.05) is 6.61 Å². The van der Waals surface area contributed by atoms with Crippen LogP contribution in [0.2, 0.25) is 0 Å². The Balaban J connectivity index is 3.09. The number of nitrogens with two attached hydrogens (primary N) is 1. The number of phenolic OH excluding ortho intramolecular Hbond substituents is 1. The highest BCUT2D eigenvalue weighted by molar-refractivity contribution is 9.10. The van der Waals surface area contributed by atoms with Gasteiger partial charge in [0.1, 0.15) is 0 Å². The minimum Gasteiger partial charge on any atom is -0.503 e. The van der Waals surface area contributed by atoms with Gasteiger partial charge in [-0.1, -0.05) is 6.92 Å². The van der Waals surface area contributed by atoms with Crippen LogP contribution in [-0.2, 0) is 0 Å². The normalized spacial score (nSPS) is 14.4. The topological polar surface area (TPSA) is 75.7 Å². The van der Waals surface area contributed by atoms with Crippen molar-refractivity contribution in [2.24, 2.45) is 5.73 Å². The van der Waals surface area contributed by atoms with Gasteiger partial charge in [-0.25, -0.2) is 0 Å². The number of aromatic hydroxyl groups is 1. The largest absolute Gasteiger partial charge is 0.503 e. The molecule has 0 radical (unpaired) electrons. The molecule has 17 heavy (non-hydrogen) atoms. The average molecular weight is 304 g/mol. The van der Waals surface area contributed by atoms with Crippen molar-refractivity contribution in [3.8, 4) is 11.5 Å². The van der Waals surface area contributed by atoms with E-state index in [9.17, 15) is 10.2 Å². The number of aliphatic hydroxyl groups excluding tert-OH is 1. The molecule has 2 atom stereocenters. The van der Waals surface area contributed by atoms with Crippen molar-refractivity contribution in [3.05, 3.63) is 22.2 Å². The van der Waals surface area contributed by atoms with Gasteiger partial charge in [-0.3, -0.25) is 0 Å². The van der Waals surface area contributed by atoms with Gasteiger partial charge in [0.2, 0.25) is 0 Å². The van der Waals surface area contributed by atoms with Crippen LogP contribution in [0.5, 0.6) is 11.5 Å². The third kappa shape index (κ3) is 3.34. The maximum atomic E-state index is 9.76. The number of rotatable bonds is 5. The molecular weight excluding hydrogens is 286 g/mol. The van der Waals surface area contributed by atoms with Crippen molar-refractivity contribution < 1.29 is 14.9 Å². The molecule has 0 aromatic heterocycles.